The van der Waals surface area contributed by atoms with Crippen molar-refractivity contribution in [3.8, 4) is 67.5 Å². The number of pyridine rings is 1. The molecule has 4 nitrogen and oxygen atoms in total. The number of nitrogens with zero attached hydrogens (tertiary/aromatic N) is 3. The Bertz CT molecular complexity index is 3280. The van der Waals surface area contributed by atoms with Crippen LogP contribution in [-0.2, 0) is 10.8 Å². The number of fused-ring (bicyclic) bond motifs is 1. The molecule has 0 atom stereocenters. The van der Waals surface area contributed by atoms with Gasteiger partial charge in [0.2, 0.25) is 0 Å². The van der Waals surface area contributed by atoms with E-state index in [1.165, 1.54) is 5.56 Å². The Hall–Kier alpha value is -6.26. The number of phenols is 1. The number of phenolic OH excluding ortho intramolecular Hbond substituents is 1. The quantitative estimate of drug-likeness (QED) is 0.149. The molecular formula is C63H71N3O. The summed E-state index contributed by atoms with van der Waals surface area (Å²) in [5, 5.41) is 12.3. The largest absolute Gasteiger partial charge is 0.507 e. The molecule has 0 aliphatic rings. The highest BCUT2D eigenvalue weighted by Gasteiger charge is 2.26. The van der Waals surface area contributed by atoms with E-state index in [4.69, 9.17) is 15.5 Å². The average molecular weight is 890 g/mol. The van der Waals surface area contributed by atoms with Crippen LogP contribution in [0.2, 0.25) is 0 Å². The fourth-order valence-corrected chi connectivity index (χ4v) is 9.03. The van der Waals surface area contributed by atoms with Gasteiger partial charge in [-0.3, -0.25) is 9.55 Å². The highest BCUT2D eigenvalue weighted by atomic mass is 16.3. The molecule has 0 radical (unpaired) electrons. The summed E-state index contributed by atoms with van der Waals surface area (Å²) in [6, 6.07) is 41.7. The van der Waals surface area contributed by atoms with Crippen molar-refractivity contribution in [3.63, 3.8) is 0 Å². The fraction of sp³-hybridized carbons (Fsp3) is 0.333. The molecule has 0 amide bonds. The predicted octanol–water partition coefficient (Wildman–Crippen LogP) is 17.9. The Labute approximate surface area is 406 Å². The second kappa shape index (κ2) is 18.1. The van der Waals surface area contributed by atoms with Crippen LogP contribution in [0.15, 0.2) is 128 Å². The van der Waals surface area contributed by atoms with Crippen LogP contribution in [0.1, 0.15) is 165 Å². The van der Waals surface area contributed by atoms with Crippen LogP contribution in [-0.4, -0.2) is 19.6 Å². The van der Waals surface area contributed by atoms with E-state index >= 15 is 0 Å². The van der Waals surface area contributed by atoms with Gasteiger partial charge in [-0.25, -0.2) is 4.98 Å². The van der Waals surface area contributed by atoms with Gasteiger partial charge in [0.05, 0.1) is 28.0 Å². The summed E-state index contributed by atoms with van der Waals surface area (Å²) in [6.45, 7) is 27.2. The highest BCUT2D eigenvalue weighted by Crippen LogP contribution is 2.44. The van der Waals surface area contributed by atoms with Gasteiger partial charge in [0.1, 0.15) is 11.6 Å². The highest BCUT2D eigenvalue weighted by molar-refractivity contribution is 5.97. The van der Waals surface area contributed by atoms with E-state index < -0.39 is 12.7 Å². The Morgan fingerprint density at radius 2 is 1.19 bits per heavy atom. The summed E-state index contributed by atoms with van der Waals surface area (Å²) < 4.78 is 38.2. The number of hydrogen-bond donors (Lipinski definition) is 1. The first-order valence-corrected chi connectivity index (χ1v) is 24.0. The number of aromatic hydroxyl groups is 1. The molecule has 4 heteroatoms. The van der Waals surface area contributed by atoms with Crippen molar-refractivity contribution in [3.05, 3.63) is 166 Å². The van der Waals surface area contributed by atoms with Crippen LogP contribution in [0.3, 0.4) is 0 Å². The molecule has 0 bridgehead atoms. The molecule has 1 N–H and O–H groups in total. The molecule has 0 saturated heterocycles. The molecule has 2 heterocycles. The van der Waals surface area contributed by atoms with Gasteiger partial charge in [-0.05, 0) is 157 Å². The smallest absolute Gasteiger partial charge is 0.149 e. The van der Waals surface area contributed by atoms with E-state index in [-0.39, 0.29) is 39.9 Å². The van der Waals surface area contributed by atoms with Crippen LogP contribution < -0.4 is 0 Å². The van der Waals surface area contributed by atoms with Gasteiger partial charge in [0, 0.05) is 22.8 Å². The van der Waals surface area contributed by atoms with E-state index in [0.717, 1.165) is 72.5 Å². The lowest BCUT2D eigenvalue weighted by atomic mass is 9.83. The summed E-state index contributed by atoms with van der Waals surface area (Å²) in [7, 11) is 0. The molecule has 0 aliphatic carbocycles. The van der Waals surface area contributed by atoms with Gasteiger partial charge in [0.25, 0.3) is 0 Å². The number of hydrogen-bond acceptors (Lipinski definition) is 3. The van der Waals surface area contributed by atoms with Gasteiger partial charge in [-0.2, -0.15) is 0 Å². The second-order valence-corrected chi connectivity index (χ2v) is 21.8. The maximum atomic E-state index is 12.3. The predicted molar refractivity (Wildman–Crippen MR) is 286 cm³/mol. The zero-order valence-electron chi connectivity index (χ0n) is 46.1. The van der Waals surface area contributed by atoms with Crippen molar-refractivity contribution < 1.29 is 10.6 Å². The third-order valence-corrected chi connectivity index (χ3v) is 13.4. The lowest BCUT2D eigenvalue weighted by molar-refractivity contribution is 0.466. The molecule has 0 fully saturated rings. The summed E-state index contributed by atoms with van der Waals surface area (Å²) in [4.78, 5) is 10.5. The minimum atomic E-state index is -2.54. The van der Waals surface area contributed by atoms with Crippen LogP contribution in [0, 0.1) is 6.85 Å². The molecule has 0 aliphatic heterocycles. The van der Waals surface area contributed by atoms with Crippen LogP contribution in [0.25, 0.3) is 72.7 Å². The lowest BCUT2D eigenvalue weighted by Crippen LogP contribution is -2.11. The SMILES string of the molecule is [2H]C([2H])([2H])c1cc(-c2cc(C(C)C)cc(C([2H])(C)C)c2)ccc1-n1c(-c2cc(C(C)C)cc(C(C)C)c2O)nc2c(-c3cc(-c4cc(-c5ccc(C(C)(C)C)cc5)ccn4)cc(C(C)(C)C)c3)cccc21. The topological polar surface area (TPSA) is 50.9 Å². The fourth-order valence-electron chi connectivity index (χ4n) is 9.03. The molecule has 0 unspecified atom stereocenters. The Morgan fingerprint density at radius 3 is 1.84 bits per heavy atom. The van der Waals surface area contributed by atoms with E-state index in [9.17, 15) is 5.11 Å². The van der Waals surface area contributed by atoms with Crippen molar-refractivity contribution in [2.75, 3.05) is 0 Å². The first-order valence-electron chi connectivity index (χ1n) is 26.0. The average Bonchev–Trinajstić information content (AvgIpc) is 3.69. The summed E-state index contributed by atoms with van der Waals surface area (Å²) in [5.41, 5.74) is 16.0. The van der Waals surface area contributed by atoms with Gasteiger partial charge in [-0.15, -0.1) is 0 Å². The zero-order valence-corrected chi connectivity index (χ0v) is 42.1. The Kier molecular flexibility index (Phi) is 11.4. The van der Waals surface area contributed by atoms with Crippen molar-refractivity contribution in [1.29, 1.82) is 0 Å². The maximum Gasteiger partial charge on any atom is 0.149 e. The second-order valence-electron chi connectivity index (χ2n) is 21.8. The minimum Gasteiger partial charge on any atom is -0.507 e. The van der Waals surface area contributed by atoms with E-state index in [1.807, 2.05) is 61.0 Å². The number of rotatable bonds is 10. The number of imidazole rings is 1. The van der Waals surface area contributed by atoms with Gasteiger partial charge < -0.3 is 5.11 Å². The Balaban J connectivity index is 1.40. The van der Waals surface area contributed by atoms with Gasteiger partial charge >= 0.3 is 0 Å². The molecule has 67 heavy (non-hydrogen) atoms. The van der Waals surface area contributed by atoms with Gasteiger partial charge in [0.15, 0.2) is 0 Å². The van der Waals surface area contributed by atoms with E-state index in [2.05, 4.69) is 162 Å². The first kappa shape index (κ1) is 42.1. The zero-order chi connectivity index (χ0) is 51.7. The minimum absolute atomic E-state index is 0.00627. The van der Waals surface area contributed by atoms with Gasteiger partial charge in [-0.1, -0.05) is 170 Å². The molecule has 8 rings (SSSR count). The summed E-state index contributed by atoms with van der Waals surface area (Å²) >= 11 is 0. The number of benzene rings is 6. The monoisotopic (exact) mass is 890 g/mol. The first-order chi connectivity index (χ1) is 33.1. The molecule has 2 aromatic heterocycles. The molecule has 6 aromatic carbocycles. The molecule has 344 valence electrons. The molecule has 8 aromatic rings. The Morgan fingerprint density at radius 1 is 0.552 bits per heavy atom. The summed E-state index contributed by atoms with van der Waals surface area (Å²) in [6.07, 6.45) is 1.88. The number of aromatic nitrogens is 3. The van der Waals surface area contributed by atoms with Crippen molar-refractivity contribution in [2.45, 2.75) is 138 Å². The van der Waals surface area contributed by atoms with E-state index in [1.54, 1.807) is 6.07 Å². The van der Waals surface area contributed by atoms with E-state index in [0.29, 0.717) is 28.1 Å². The van der Waals surface area contributed by atoms with Crippen LogP contribution in [0.4, 0.5) is 0 Å². The molecule has 0 saturated carbocycles. The third-order valence-electron chi connectivity index (χ3n) is 13.4. The molecule has 0 spiro atoms. The summed E-state index contributed by atoms with van der Waals surface area (Å²) in [5.74, 6) is 0.0729. The molecular weight excluding hydrogens is 815 g/mol. The van der Waals surface area contributed by atoms with Crippen LogP contribution in [0.5, 0.6) is 5.75 Å². The standard InChI is InChI=1S/C63H71N3O/c1-37(2)45-28-46(38(3)4)30-48(29-45)43-21-24-57(41(9)27-43)66-58-18-16-17-53(59(58)65-61(66)55-35-47(39(5)6)34-54(40(7)8)60(55)67)49-31-50(33-52(32-49)63(13,14)15)56-36-44(25-26-64-56)42-19-22-51(23-20-42)62(10,11)12/h16-40,67H,1-15H3/i9D3,37D. The number of para-hydroxylation sites is 1. The van der Waals surface area contributed by atoms with Crippen molar-refractivity contribution >= 4 is 11.0 Å². The third kappa shape index (κ3) is 9.51. The number of aryl methyl sites for hydroxylation is 1. The normalized spacial score (nSPS) is 13.6. The van der Waals surface area contributed by atoms with Crippen molar-refractivity contribution in [1.82, 2.24) is 14.5 Å². The van der Waals surface area contributed by atoms with Crippen molar-refractivity contribution in [2.24, 2.45) is 0 Å². The lowest BCUT2D eigenvalue weighted by Gasteiger charge is -2.22. The maximum absolute atomic E-state index is 12.3. The van der Waals surface area contributed by atoms with Crippen LogP contribution >= 0.6 is 0 Å².